The highest BCUT2D eigenvalue weighted by Gasteiger charge is 2.11. The number of benzene rings is 2. The van der Waals surface area contributed by atoms with Gasteiger partial charge in [0.05, 0.1) is 18.4 Å². The van der Waals surface area contributed by atoms with Crippen LogP contribution in [0.4, 0.5) is 4.39 Å². The molecule has 7 nitrogen and oxygen atoms in total. The van der Waals surface area contributed by atoms with Crippen molar-refractivity contribution >= 4 is 29.9 Å². The Morgan fingerprint density at radius 3 is 2.62 bits per heavy atom. The number of rotatable bonds is 9. The van der Waals surface area contributed by atoms with Crippen LogP contribution in [0.5, 0.6) is 5.75 Å². The first-order valence-electron chi connectivity index (χ1n) is 10.2. The minimum absolute atomic E-state index is 0. The van der Waals surface area contributed by atoms with Crippen molar-refractivity contribution < 1.29 is 14.2 Å². The van der Waals surface area contributed by atoms with Crippen LogP contribution in [0.3, 0.4) is 0 Å². The highest BCUT2D eigenvalue weighted by Crippen LogP contribution is 2.12. The third-order valence-corrected chi connectivity index (χ3v) is 4.48. The number of aromatic nitrogens is 2. The van der Waals surface area contributed by atoms with E-state index in [1.165, 1.54) is 24.3 Å². The quantitative estimate of drug-likeness (QED) is 0.241. The number of hydrogen-bond acceptors (Lipinski definition) is 4. The zero-order chi connectivity index (χ0) is 22.1. The van der Waals surface area contributed by atoms with Crippen molar-refractivity contribution in [3.8, 4) is 11.4 Å². The molecule has 3 rings (SSSR count). The molecule has 1 atom stereocenters. The van der Waals surface area contributed by atoms with E-state index in [9.17, 15) is 9.50 Å². The Kier molecular flexibility index (Phi) is 10.4. The molecule has 1 unspecified atom stereocenters. The number of halogens is 2. The van der Waals surface area contributed by atoms with Gasteiger partial charge < -0.3 is 20.1 Å². The standard InChI is InChI=1S/C23H28FN5O2.HI/c1-3-25-23(26-14-21(30)17-31-22-11-9-19(24)10-12-22)28(2)15-18-13-27-29(16-18)20-7-5-4-6-8-20;/h4-13,16,21,30H,3,14-15,17H2,1-2H3,(H,25,26);1H. The van der Waals surface area contributed by atoms with Crippen molar-refractivity contribution in [3.05, 3.63) is 78.4 Å². The van der Waals surface area contributed by atoms with E-state index in [1.807, 2.05) is 66.3 Å². The molecule has 0 amide bonds. The summed E-state index contributed by atoms with van der Waals surface area (Å²) >= 11 is 0. The van der Waals surface area contributed by atoms with Crippen molar-refractivity contribution in [1.29, 1.82) is 0 Å². The number of aliphatic hydroxyl groups is 1. The predicted octanol–water partition coefficient (Wildman–Crippen LogP) is 3.47. The Balaban J connectivity index is 0.00000363. The van der Waals surface area contributed by atoms with Crippen LogP contribution in [0.15, 0.2) is 72.0 Å². The summed E-state index contributed by atoms with van der Waals surface area (Å²) in [5, 5.41) is 17.9. The zero-order valence-corrected chi connectivity index (χ0v) is 20.5. The molecule has 9 heteroatoms. The summed E-state index contributed by atoms with van der Waals surface area (Å²) in [4.78, 5) is 6.49. The van der Waals surface area contributed by atoms with Gasteiger partial charge in [-0.3, -0.25) is 4.99 Å². The molecule has 3 aromatic rings. The van der Waals surface area contributed by atoms with Crippen molar-refractivity contribution in [1.82, 2.24) is 20.0 Å². The first kappa shape index (κ1) is 25.6. The summed E-state index contributed by atoms with van der Waals surface area (Å²) in [5.41, 5.74) is 2.04. The third kappa shape index (κ3) is 7.79. The molecular weight excluding hydrogens is 524 g/mol. The molecule has 0 spiro atoms. The molecule has 0 aliphatic carbocycles. The lowest BCUT2D eigenvalue weighted by Crippen LogP contribution is -2.39. The van der Waals surface area contributed by atoms with E-state index in [-0.39, 0.29) is 42.9 Å². The van der Waals surface area contributed by atoms with Gasteiger partial charge >= 0.3 is 0 Å². The third-order valence-electron chi connectivity index (χ3n) is 4.48. The minimum atomic E-state index is -0.784. The van der Waals surface area contributed by atoms with Crippen molar-refractivity contribution in [2.45, 2.75) is 19.6 Å². The van der Waals surface area contributed by atoms with E-state index in [0.29, 0.717) is 24.8 Å². The number of hydrogen-bond donors (Lipinski definition) is 2. The number of para-hydroxylation sites is 1. The summed E-state index contributed by atoms with van der Waals surface area (Å²) < 4.78 is 20.3. The fourth-order valence-electron chi connectivity index (χ4n) is 2.95. The number of guanidine groups is 1. The fraction of sp³-hybridized carbons (Fsp3) is 0.304. The van der Waals surface area contributed by atoms with Crippen molar-refractivity contribution in [3.63, 3.8) is 0 Å². The maximum Gasteiger partial charge on any atom is 0.194 e. The second kappa shape index (κ2) is 13.0. The first-order chi connectivity index (χ1) is 15.0. The molecular formula is C23H29FIN5O2. The van der Waals surface area contributed by atoms with Crippen molar-refractivity contribution in [2.24, 2.45) is 4.99 Å². The lowest BCUT2D eigenvalue weighted by atomic mass is 10.3. The number of nitrogens with one attached hydrogen (secondary N) is 1. The smallest absolute Gasteiger partial charge is 0.194 e. The number of aliphatic hydroxyl groups excluding tert-OH is 1. The molecule has 0 saturated carbocycles. The minimum Gasteiger partial charge on any atom is -0.491 e. The molecule has 0 fully saturated rings. The SMILES string of the molecule is CCNC(=NCC(O)COc1ccc(F)cc1)N(C)Cc1cnn(-c2ccccc2)c1.I. The van der Waals surface area contributed by atoms with E-state index in [1.54, 1.807) is 0 Å². The molecule has 2 aromatic carbocycles. The fourth-order valence-corrected chi connectivity index (χ4v) is 2.95. The molecule has 0 saturated heterocycles. The first-order valence-corrected chi connectivity index (χ1v) is 10.2. The Morgan fingerprint density at radius 1 is 1.22 bits per heavy atom. The van der Waals surface area contributed by atoms with E-state index >= 15 is 0 Å². The monoisotopic (exact) mass is 553 g/mol. The number of nitrogens with zero attached hydrogens (tertiary/aromatic N) is 4. The highest BCUT2D eigenvalue weighted by molar-refractivity contribution is 14.0. The van der Waals surface area contributed by atoms with Crippen LogP contribution < -0.4 is 10.1 Å². The van der Waals surface area contributed by atoms with Crippen LogP contribution in [0.1, 0.15) is 12.5 Å². The Labute approximate surface area is 204 Å². The van der Waals surface area contributed by atoms with Gasteiger partial charge in [0, 0.05) is 31.9 Å². The summed E-state index contributed by atoms with van der Waals surface area (Å²) in [6, 6.07) is 15.6. The van der Waals surface area contributed by atoms with Crippen LogP contribution >= 0.6 is 24.0 Å². The van der Waals surface area contributed by atoms with Gasteiger partial charge in [-0.05, 0) is 43.3 Å². The summed E-state index contributed by atoms with van der Waals surface area (Å²) in [5.74, 6) is 0.852. The molecule has 1 heterocycles. The molecule has 1 aromatic heterocycles. The van der Waals surface area contributed by atoms with Gasteiger partial charge in [0.15, 0.2) is 5.96 Å². The van der Waals surface area contributed by atoms with Crippen LogP contribution in [0, 0.1) is 5.82 Å². The maximum atomic E-state index is 12.9. The molecule has 32 heavy (non-hydrogen) atoms. The van der Waals surface area contributed by atoms with Gasteiger partial charge in [-0.25, -0.2) is 9.07 Å². The molecule has 0 radical (unpaired) electrons. The zero-order valence-electron chi connectivity index (χ0n) is 18.2. The van der Waals surface area contributed by atoms with E-state index in [2.05, 4.69) is 15.4 Å². The number of aliphatic imine (C=N–C) groups is 1. The molecule has 172 valence electrons. The van der Waals surface area contributed by atoms with Crippen LogP contribution in [-0.2, 0) is 6.54 Å². The largest absolute Gasteiger partial charge is 0.491 e. The second-order valence-electron chi connectivity index (χ2n) is 7.10. The molecule has 0 aliphatic heterocycles. The van der Waals surface area contributed by atoms with Crippen LogP contribution in [-0.4, -0.2) is 58.6 Å². The van der Waals surface area contributed by atoms with Crippen LogP contribution in [0.2, 0.25) is 0 Å². The Hall–Kier alpha value is -2.66. The predicted molar refractivity (Wildman–Crippen MR) is 134 cm³/mol. The topological polar surface area (TPSA) is 74.9 Å². The van der Waals surface area contributed by atoms with Gasteiger partial charge in [0.2, 0.25) is 0 Å². The second-order valence-corrected chi connectivity index (χ2v) is 7.10. The van der Waals surface area contributed by atoms with Gasteiger partial charge in [0.1, 0.15) is 24.3 Å². The average Bonchev–Trinajstić information content (AvgIpc) is 3.25. The van der Waals surface area contributed by atoms with Gasteiger partial charge in [-0.1, -0.05) is 18.2 Å². The summed E-state index contributed by atoms with van der Waals surface area (Å²) in [6.45, 7) is 3.56. The lowest BCUT2D eigenvalue weighted by Gasteiger charge is -2.22. The average molecular weight is 553 g/mol. The normalized spacial score (nSPS) is 12.1. The van der Waals surface area contributed by atoms with Gasteiger partial charge in [0.25, 0.3) is 0 Å². The maximum absolute atomic E-state index is 12.9. The van der Waals surface area contributed by atoms with E-state index in [4.69, 9.17) is 4.74 Å². The summed E-state index contributed by atoms with van der Waals surface area (Å²) in [6.07, 6.45) is 3.03. The van der Waals surface area contributed by atoms with E-state index < -0.39 is 6.10 Å². The Morgan fingerprint density at radius 2 is 1.94 bits per heavy atom. The lowest BCUT2D eigenvalue weighted by molar-refractivity contribution is 0.114. The van der Waals surface area contributed by atoms with Gasteiger partial charge in [-0.2, -0.15) is 5.10 Å². The number of ether oxygens (including phenoxy) is 1. The highest BCUT2D eigenvalue weighted by atomic mass is 127. The Bertz CT molecular complexity index is 966. The van der Waals surface area contributed by atoms with Gasteiger partial charge in [-0.15, -0.1) is 24.0 Å². The van der Waals surface area contributed by atoms with Crippen LogP contribution in [0.25, 0.3) is 5.69 Å². The molecule has 2 N–H and O–H groups in total. The van der Waals surface area contributed by atoms with Crippen molar-refractivity contribution in [2.75, 3.05) is 26.7 Å². The van der Waals surface area contributed by atoms with E-state index in [0.717, 1.165) is 11.3 Å². The molecule has 0 bridgehead atoms. The molecule has 0 aliphatic rings. The summed E-state index contributed by atoms with van der Waals surface area (Å²) in [7, 11) is 1.93.